The molecule has 3 heterocycles. The number of rotatable bonds is 3. The minimum absolute atomic E-state index is 0.0947. The first kappa shape index (κ1) is 18.7. The topological polar surface area (TPSA) is 72.2 Å². The van der Waals surface area contributed by atoms with Crippen molar-refractivity contribution in [1.82, 2.24) is 9.80 Å². The number of amides is 1. The highest BCUT2D eigenvalue weighted by Gasteiger charge is 2.25. The predicted molar refractivity (Wildman–Crippen MR) is 111 cm³/mol. The minimum atomic E-state index is -0.584. The maximum atomic E-state index is 13.0. The lowest BCUT2D eigenvalue weighted by Crippen LogP contribution is -2.49. The third-order valence-electron chi connectivity index (χ3n) is 5.62. The van der Waals surface area contributed by atoms with E-state index in [2.05, 4.69) is 4.90 Å². The second kappa shape index (κ2) is 7.50. The predicted octanol–water partition coefficient (Wildman–Crippen LogP) is 2.79. The van der Waals surface area contributed by atoms with Crippen molar-refractivity contribution in [3.05, 3.63) is 69.6 Å². The maximum Gasteiger partial charge on any atom is 0.349 e. The Balaban J connectivity index is 1.26. The second-order valence-corrected chi connectivity index (χ2v) is 7.74. The fourth-order valence-electron chi connectivity index (χ4n) is 3.97. The van der Waals surface area contributed by atoms with Crippen LogP contribution in [-0.2, 0) is 6.54 Å². The number of carbonyl (C=O) groups excluding carboxylic acids is 1. The van der Waals surface area contributed by atoms with Crippen LogP contribution in [0.3, 0.4) is 0 Å². The Morgan fingerprint density at radius 1 is 0.967 bits per heavy atom. The van der Waals surface area contributed by atoms with Crippen molar-refractivity contribution in [2.45, 2.75) is 13.5 Å². The van der Waals surface area contributed by atoms with Gasteiger partial charge in [0.05, 0.1) is 0 Å². The molecule has 2 aliphatic heterocycles. The fourth-order valence-corrected chi connectivity index (χ4v) is 3.97. The van der Waals surface area contributed by atoms with Crippen molar-refractivity contribution >= 4 is 16.9 Å². The van der Waals surface area contributed by atoms with Crippen molar-refractivity contribution in [3.8, 4) is 11.5 Å². The highest BCUT2D eigenvalue weighted by molar-refractivity contribution is 5.96. The Kier molecular flexibility index (Phi) is 4.67. The van der Waals surface area contributed by atoms with Gasteiger partial charge < -0.3 is 18.8 Å². The molecule has 3 aromatic rings. The summed E-state index contributed by atoms with van der Waals surface area (Å²) in [6, 6.07) is 13.2. The zero-order chi connectivity index (χ0) is 20.7. The first-order valence-electron chi connectivity index (χ1n) is 10.0. The van der Waals surface area contributed by atoms with E-state index in [9.17, 15) is 9.59 Å². The van der Waals surface area contributed by atoms with Crippen molar-refractivity contribution in [1.29, 1.82) is 0 Å². The van der Waals surface area contributed by atoms with Crippen molar-refractivity contribution < 1.29 is 18.7 Å². The Bertz CT molecular complexity index is 1180. The van der Waals surface area contributed by atoms with Gasteiger partial charge in [-0.1, -0.05) is 17.7 Å². The zero-order valence-electron chi connectivity index (χ0n) is 16.7. The quantitative estimate of drug-likeness (QED) is 0.623. The van der Waals surface area contributed by atoms with E-state index in [1.807, 2.05) is 37.3 Å². The normalized spacial score (nSPS) is 16.2. The highest BCUT2D eigenvalue weighted by Crippen LogP contribution is 2.32. The third-order valence-corrected chi connectivity index (χ3v) is 5.62. The summed E-state index contributed by atoms with van der Waals surface area (Å²) in [7, 11) is 0. The summed E-state index contributed by atoms with van der Waals surface area (Å²) in [4.78, 5) is 29.3. The first-order chi connectivity index (χ1) is 14.6. The van der Waals surface area contributed by atoms with Crippen molar-refractivity contribution in [3.63, 3.8) is 0 Å². The summed E-state index contributed by atoms with van der Waals surface area (Å²) >= 11 is 0. The molecular weight excluding hydrogens is 384 g/mol. The van der Waals surface area contributed by atoms with Crippen LogP contribution in [0.4, 0.5) is 0 Å². The number of fused-ring (bicyclic) bond motifs is 2. The molecule has 1 amide bonds. The standard InChI is InChI=1S/C23H22N2O5/c1-15-2-4-19-17(10-15)12-18(23(27)30-19)22(26)25-8-6-24(7-9-25)13-16-3-5-20-21(11-16)29-14-28-20/h2-5,10-12H,6-9,13-14H2,1H3. The number of carbonyl (C=O) groups is 1. The van der Waals surface area contributed by atoms with Crippen LogP contribution in [0.1, 0.15) is 21.5 Å². The molecule has 0 radical (unpaired) electrons. The van der Waals surface area contributed by atoms with Gasteiger partial charge >= 0.3 is 5.63 Å². The van der Waals surface area contributed by atoms with Gasteiger partial charge in [-0.05, 0) is 42.8 Å². The molecular formula is C23H22N2O5. The van der Waals surface area contributed by atoms with Gasteiger partial charge in [0.1, 0.15) is 11.1 Å². The molecule has 0 spiro atoms. The van der Waals surface area contributed by atoms with Gasteiger partial charge in [-0.2, -0.15) is 0 Å². The zero-order valence-corrected chi connectivity index (χ0v) is 16.7. The minimum Gasteiger partial charge on any atom is -0.454 e. The molecule has 2 aliphatic rings. The summed E-state index contributed by atoms with van der Waals surface area (Å²) in [5.41, 5.74) is 2.20. The molecule has 1 aromatic heterocycles. The van der Waals surface area contributed by atoms with Gasteiger partial charge in [0.2, 0.25) is 6.79 Å². The van der Waals surface area contributed by atoms with Crippen LogP contribution >= 0.6 is 0 Å². The second-order valence-electron chi connectivity index (χ2n) is 7.74. The van der Waals surface area contributed by atoms with Crippen molar-refractivity contribution in [2.24, 2.45) is 0 Å². The van der Waals surface area contributed by atoms with Crippen LogP contribution in [0, 0.1) is 6.92 Å². The number of ether oxygens (including phenoxy) is 2. The van der Waals surface area contributed by atoms with Crippen LogP contribution in [0.5, 0.6) is 11.5 Å². The number of aryl methyl sites for hydroxylation is 1. The highest BCUT2D eigenvalue weighted by atomic mass is 16.7. The van der Waals surface area contributed by atoms with Gasteiger partial charge in [-0.15, -0.1) is 0 Å². The molecule has 7 heteroatoms. The van der Waals surface area contributed by atoms with E-state index < -0.39 is 5.63 Å². The average molecular weight is 406 g/mol. The van der Waals surface area contributed by atoms with Crippen molar-refractivity contribution in [2.75, 3.05) is 33.0 Å². The SMILES string of the molecule is Cc1ccc2oc(=O)c(C(=O)N3CCN(Cc4ccc5c(c4)OCO5)CC3)cc2c1. The number of nitrogens with zero attached hydrogens (tertiary/aromatic N) is 2. The van der Waals surface area contributed by atoms with Crippen LogP contribution in [0.25, 0.3) is 11.0 Å². The molecule has 0 saturated carbocycles. The lowest BCUT2D eigenvalue weighted by molar-refractivity contribution is 0.0624. The molecule has 7 nitrogen and oxygen atoms in total. The summed E-state index contributed by atoms with van der Waals surface area (Å²) < 4.78 is 16.2. The monoisotopic (exact) mass is 406 g/mol. The van der Waals surface area contributed by atoms with Gasteiger partial charge in [0.15, 0.2) is 11.5 Å². The lowest BCUT2D eigenvalue weighted by atomic mass is 10.1. The van der Waals surface area contributed by atoms with Crippen LogP contribution in [0.15, 0.2) is 51.7 Å². The Morgan fingerprint density at radius 3 is 2.60 bits per heavy atom. The summed E-state index contributed by atoms with van der Waals surface area (Å²) in [5.74, 6) is 1.29. The van der Waals surface area contributed by atoms with E-state index in [0.29, 0.717) is 18.7 Å². The van der Waals surface area contributed by atoms with Gasteiger partial charge in [-0.25, -0.2) is 4.79 Å². The molecule has 0 unspecified atom stereocenters. The van der Waals surface area contributed by atoms with Gasteiger partial charge in [0, 0.05) is 38.1 Å². The Hall–Kier alpha value is -3.32. The molecule has 2 aromatic carbocycles. The molecule has 5 rings (SSSR count). The third kappa shape index (κ3) is 3.52. The van der Waals surface area contributed by atoms with E-state index >= 15 is 0 Å². The number of benzene rings is 2. The fraction of sp³-hybridized carbons (Fsp3) is 0.304. The van der Waals surface area contributed by atoms with Crippen LogP contribution in [-0.4, -0.2) is 48.7 Å². The molecule has 0 atom stereocenters. The molecule has 0 N–H and O–H groups in total. The lowest BCUT2D eigenvalue weighted by Gasteiger charge is -2.34. The smallest absolute Gasteiger partial charge is 0.349 e. The average Bonchev–Trinajstić information content (AvgIpc) is 3.21. The number of hydrogen-bond donors (Lipinski definition) is 0. The van der Waals surface area contributed by atoms with Gasteiger partial charge in [0.25, 0.3) is 5.91 Å². The molecule has 30 heavy (non-hydrogen) atoms. The Morgan fingerprint density at radius 2 is 1.77 bits per heavy atom. The molecule has 0 bridgehead atoms. The van der Waals surface area contributed by atoms with Crippen LogP contribution < -0.4 is 15.1 Å². The maximum absolute atomic E-state index is 13.0. The first-order valence-corrected chi connectivity index (χ1v) is 10.0. The van der Waals surface area contributed by atoms with Gasteiger partial charge in [-0.3, -0.25) is 9.69 Å². The van der Waals surface area contributed by atoms with E-state index in [4.69, 9.17) is 13.9 Å². The van der Waals surface area contributed by atoms with E-state index in [0.717, 1.165) is 47.6 Å². The number of hydrogen-bond acceptors (Lipinski definition) is 6. The summed E-state index contributed by atoms with van der Waals surface area (Å²) in [5, 5.41) is 0.763. The Labute approximate surface area is 173 Å². The largest absolute Gasteiger partial charge is 0.454 e. The molecule has 0 aliphatic carbocycles. The molecule has 1 fully saturated rings. The van der Waals surface area contributed by atoms with E-state index in [1.165, 1.54) is 0 Å². The van der Waals surface area contributed by atoms with E-state index in [-0.39, 0.29) is 18.3 Å². The summed E-state index contributed by atoms with van der Waals surface area (Å²) in [6.45, 7) is 5.60. The van der Waals surface area contributed by atoms with Crippen LogP contribution in [0.2, 0.25) is 0 Å². The van der Waals surface area contributed by atoms with E-state index in [1.54, 1.807) is 17.0 Å². The molecule has 154 valence electrons. The number of piperazine rings is 1. The summed E-state index contributed by atoms with van der Waals surface area (Å²) in [6.07, 6.45) is 0. The molecule has 1 saturated heterocycles.